The van der Waals surface area contributed by atoms with E-state index < -0.39 is 151 Å². The standard InChI is InChI=1S/C37H52N16O24P4S/c1-14-16(6-45-82(66,67)15-4-5-15)17(72-33(14)53-13-50(2)22-30(53)47-37(40)49-32(22)57)7-70-79(60,61)76-81(64,65)77-80(62,63)71-9-19-25(26(68-3)35(74-19)51-11-43-20-27(38)41-10-42-28(20)51)75-78(58,59)69-8-18-23(54)24(55)34(73-18)52-12-44-21-29(52)46-36(39)48-31(21)56/h10-19,23-26,33-35,45,54-55H,4-9H2,1-3H3,(H11-,38,39,40,41,42,46,47,48,49,56,57,58,59,60,61,62,63,64,65)/t14-,16+,17-,18-,19-,23-,24-,25-,26-,33-,34-,35-/m1/s1. The molecule has 1 aliphatic carbocycles. The van der Waals surface area contributed by atoms with Crippen LogP contribution in [0, 0.1) is 11.8 Å². The first-order valence-corrected chi connectivity index (χ1v) is 31.5. The van der Waals surface area contributed by atoms with Crippen molar-refractivity contribution in [3.8, 4) is 0 Å². The first kappa shape index (κ1) is 60.0. The van der Waals surface area contributed by atoms with Gasteiger partial charge in [0.2, 0.25) is 21.5 Å². The van der Waals surface area contributed by atoms with Gasteiger partial charge in [-0.25, -0.2) is 51.3 Å². The molecule has 10 rings (SSSR count). The summed E-state index contributed by atoms with van der Waals surface area (Å²) in [5, 5.41) is 21.1. The molecule has 16 atom stereocenters. The van der Waals surface area contributed by atoms with Gasteiger partial charge in [-0.15, -0.1) is 0 Å². The number of hydrogen-bond donors (Lipinski definition) is 11. The van der Waals surface area contributed by atoms with Crippen molar-refractivity contribution in [3.05, 3.63) is 46.0 Å². The number of phosphoric ester groups is 3. The molecule has 1 saturated carbocycles. The van der Waals surface area contributed by atoms with E-state index in [4.69, 9.17) is 54.2 Å². The van der Waals surface area contributed by atoms with E-state index in [0.29, 0.717) is 12.8 Å². The van der Waals surface area contributed by atoms with E-state index in [1.54, 1.807) is 6.92 Å². The maximum Gasteiger partial charge on any atom is 0.490 e. The molecule has 9 heterocycles. The van der Waals surface area contributed by atoms with Crippen molar-refractivity contribution in [3.63, 3.8) is 0 Å². The molecule has 450 valence electrons. The number of nitrogen functional groups attached to an aromatic ring is 3. The van der Waals surface area contributed by atoms with Crippen molar-refractivity contribution in [1.29, 1.82) is 0 Å². The average molecular weight is 1260 g/mol. The van der Waals surface area contributed by atoms with E-state index in [2.05, 4.69) is 53.2 Å². The third-order valence-electron chi connectivity index (χ3n) is 13.6. The first-order chi connectivity index (χ1) is 38.5. The van der Waals surface area contributed by atoms with Crippen LogP contribution in [0.3, 0.4) is 0 Å². The number of anilines is 3. The van der Waals surface area contributed by atoms with Crippen molar-refractivity contribution in [2.45, 2.75) is 86.4 Å². The number of rotatable bonds is 23. The second kappa shape index (κ2) is 22.4. The van der Waals surface area contributed by atoms with Gasteiger partial charge in [0.15, 0.2) is 47.6 Å². The maximum absolute atomic E-state index is 13.7. The normalized spacial score (nSPS) is 30.0. The molecule has 3 aliphatic heterocycles. The molecule has 82 heavy (non-hydrogen) atoms. The largest absolute Gasteiger partial charge is 0.756 e. The van der Waals surface area contributed by atoms with Crippen LogP contribution in [0.25, 0.3) is 33.5 Å². The van der Waals surface area contributed by atoms with Crippen LogP contribution in [-0.4, -0.2) is 168 Å². The summed E-state index contributed by atoms with van der Waals surface area (Å²) in [5.74, 6) is -2.24. The highest BCUT2D eigenvalue weighted by atomic mass is 32.2. The van der Waals surface area contributed by atoms with Crippen LogP contribution in [0.1, 0.15) is 38.4 Å². The number of aromatic nitrogens is 12. The molecule has 4 fully saturated rings. The van der Waals surface area contributed by atoms with Crippen molar-refractivity contribution in [2.75, 3.05) is 50.7 Å². The number of hydrogen-bond acceptors (Lipinski definition) is 30. The van der Waals surface area contributed by atoms with E-state index in [1.165, 1.54) is 27.1 Å². The predicted molar refractivity (Wildman–Crippen MR) is 267 cm³/mol. The molecule has 6 aromatic heterocycles. The second-order valence-electron chi connectivity index (χ2n) is 19.1. The number of phosphoric acid groups is 4. The number of aromatic amines is 2. The SMILES string of the molecule is CO[C@@H]1[C@H](OP(=O)([O-])OC[C@H]2O[C@@H](n3cnc4c(=O)[nH]c(N)nc43)[C@H](O)[C@@H]2O)[C@@H](COP(=O)(O)OP(=O)(O)OP(=O)(O)OC[C@H]2O[C@@H]([n+]3cn(C)c4c(=O)[nH]c(N)nc43)[C@H](C)[C@@H]2CNS(=O)(=O)C2CC2)O[C@H]1n1cnc2c(N)ncnc21. The highest BCUT2D eigenvalue weighted by Crippen LogP contribution is 2.68. The average Bonchev–Trinajstić information content (AvgIpc) is 3.72. The zero-order valence-electron chi connectivity index (χ0n) is 42.5. The van der Waals surface area contributed by atoms with Gasteiger partial charge in [0.05, 0.1) is 50.9 Å². The number of ether oxygens (including phenoxy) is 4. The zero-order valence-corrected chi connectivity index (χ0v) is 46.8. The minimum absolute atomic E-state index is 0.00722. The Hall–Kier alpha value is -5.16. The molecule has 14 N–H and O–H groups in total. The van der Waals surface area contributed by atoms with Gasteiger partial charge in [-0.1, -0.05) is 11.9 Å². The minimum atomic E-state index is -6.23. The van der Waals surface area contributed by atoms with Crippen molar-refractivity contribution < 1.29 is 107 Å². The molecule has 45 heteroatoms. The summed E-state index contributed by atoms with van der Waals surface area (Å²) < 4.78 is 139. The monoisotopic (exact) mass is 1260 g/mol. The number of imidazole rings is 3. The van der Waals surface area contributed by atoms with Gasteiger partial charge in [-0.2, -0.15) is 13.6 Å². The van der Waals surface area contributed by atoms with Gasteiger partial charge in [-0.3, -0.25) is 46.9 Å². The number of fused-ring (bicyclic) bond motifs is 3. The van der Waals surface area contributed by atoms with Crippen LogP contribution in [0.5, 0.6) is 0 Å². The second-order valence-corrected chi connectivity index (χ2v) is 27.1. The third kappa shape index (κ3) is 12.2. The number of methoxy groups -OCH3 is 1. The van der Waals surface area contributed by atoms with Gasteiger partial charge in [0, 0.05) is 25.5 Å². The summed E-state index contributed by atoms with van der Waals surface area (Å²) in [6.07, 6.45) is -10.6. The van der Waals surface area contributed by atoms with Crippen LogP contribution >= 0.6 is 31.3 Å². The van der Waals surface area contributed by atoms with Gasteiger partial charge < -0.3 is 75.0 Å². The van der Waals surface area contributed by atoms with Gasteiger partial charge in [-0.05, 0) is 12.8 Å². The van der Waals surface area contributed by atoms with Gasteiger partial charge in [0.1, 0.15) is 48.5 Å². The Kier molecular flexibility index (Phi) is 16.4. The Morgan fingerprint density at radius 1 is 0.793 bits per heavy atom. The molecule has 0 bridgehead atoms. The summed E-state index contributed by atoms with van der Waals surface area (Å²) in [6.45, 7) is -1.97. The highest BCUT2D eigenvalue weighted by molar-refractivity contribution is 7.90. The Morgan fingerprint density at radius 3 is 2.07 bits per heavy atom. The van der Waals surface area contributed by atoms with Crippen LogP contribution in [0.4, 0.5) is 17.7 Å². The maximum atomic E-state index is 13.7. The molecule has 4 aliphatic rings. The molecule has 3 saturated heterocycles. The van der Waals surface area contributed by atoms with E-state index in [9.17, 15) is 66.1 Å². The summed E-state index contributed by atoms with van der Waals surface area (Å²) in [4.78, 5) is 99.7. The molecule has 40 nitrogen and oxygen atoms in total. The molecule has 0 amide bonds. The fraction of sp³-hybridized carbons (Fsp3) is 0.595. The molecule has 0 spiro atoms. The quantitative estimate of drug-likeness (QED) is 0.0217. The van der Waals surface area contributed by atoms with E-state index in [0.717, 1.165) is 30.7 Å². The molecule has 4 unspecified atom stereocenters. The van der Waals surface area contributed by atoms with Crippen LogP contribution in [0.2, 0.25) is 0 Å². The van der Waals surface area contributed by atoms with Crippen molar-refractivity contribution in [2.24, 2.45) is 18.9 Å². The fourth-order valence-corrected chi connectivity index (χ4v) is 15.5. The summed E-state index contributed by atoms with van der Waals surface area (Å²) in [7, 11) is -25.0. The van der Waals surface area contributed by atoms with Crippen LogP contribution in [0.15, 0.2) is 34.9 Å². The van der Waals surface area contributed by atoms with Crippen molar-refractivity contribution >= 4 is 92.5 Å². The topological polar surface area (TPSA) is 571 Å². The number of H-pyrrole nitrogens is 2. The molecule has 0 radical (unpaired) electrons. The lowest BCUT2D eigenvalue weighted by molar-refractivity contribution is -0.745. The number of aliphatic hydroxyl groups is 2. The van der Waals surface area contributed by atoms with Crippen molar-refractivity contribution in [1.82, 2.24) is 58.3 Å². The number of nitrogens with two attached hydrogens (primary N) is 3. The number of sulfonamides is 1. The van der Waals surface area contributed by atoms with Gasteiger partial charge >= 0.3 is 29.1 Å². The number of nitrogens with zero attached hydrogens (tertiary/aromatic N) is 10. The molecular weight excluding hydrogens is 1210 g/mol. The zero-order chi connectivity index (χ0) is 59.2. The fourth-order valence-electron chi connectivity index (χ4n) is 9.65. The lowest BCUT2D eigenvalue weighted by atomic mass is 9.91. The van der Waals surface area contributed by atoms with E-state index in [-0.39, 0.29) is 57.8 Å². The molecule has 0 aromatic carbocycles. The van der Waals surface area contributed by atoms with Crippen LogP contribution in [-0.2, 0) is 81.0 Å². The molecule has 6 aromatic rings. The molecular formula is C37H52N16O24P4S. The van der Waals surface area contributed by atoms with Crippen LogP contribution < -0.4 is 42.5 Å². The smallest absolute Gasteiger partial charge is 0.490 e. The Balaban J connectivity index is 0.817. The van der Waals surface area contributed by atoms with E-state index >= 15 is 0 Å². The Bertz CT molecular complexity index is 3860. The highest BCUT2D eigenvalue weighted by Gasteiger charge is 2.53. The predicted octanol–water partition coefficient (Wildman–Crippen LogP) is -3.73. The third-order valence-corrected chi connectivity index (χ3v) is 20.7. The first-order valence-electron chi connectivity index (χ1n) is 24.0. The number of aryl methyl sites for hydroxylation is 1. The van der Waals surface area contributed by atoms with E-state index in [1.807, 2.05) is 0 Å². The number of aliphatic hydroxyl groups excluding tert-OH is 2. The Morgan fingerprint density at radius 2 is 1.40 bits per heavy atom. The Labute approximate surface area is 458 Å². The summed E-state index contributed by atoms with van der Waals surface area (Å²) in [6, 6.07) is 0. The number of nitrogens with one attached hydrogen (secondary N) is 3. The minimum Gasteiger partial charge on any atom is -0.756 e. The summed E-state index contributed by atoms with van der Waals surface area (Å²) in [5.41, 5.74) is 15.9. The summed E-state index contributed by atoms with van der Waals surface area (Å²) >= 11 is 0. The van der Waals surface area contributed by atoms with Gasteiger partial charge in [0.25, 0.3) is 24.9 Å². The lowest BCUT2D eigenvalue weighted by Gasteiger charge is -2.31. The lowest BCUT2D eigenvalue weighted by Crippen LogP contribution is -2.43.